The van der Waals surface area contributed by atoms with E-state index in [0.717, 1.165) is 6.07 Å². The van der Waals surface area contributed by atoms with Gasteiger partial charge in [0, 0.05) is 18.2 Å². The number of hydrogen-bond acceptors (Lipinski definition) is 5. The molecule has 0 heterocycles. The molecule has 0 fully saturated rings. The third-order valence-electron chi connectivity index (χ3n) is 2.36. The molecule has 2 N–H and O–H groups in total. The van der Waals surface area contributed by atoms with Gasteiger partial charge in [-0.15, -0.1) is 0 Å². The molecule has 2 aromatic carbocycles. The number of aromatic hydroxyl groups is 2. The van der Waals surface area contributed by atoms with Gasteiger partial charge in [0.15, 0.2) is 0 Å². The highest BCUT2D eigenvalue weighted by molar-refractivity contribution is 5.55. The molecule has 19 heavy (non-hydrogen) atoms. The molecular weight excluding hydrogens is 244 g/mol. The molecule has 5 heteroatoms. The Balaban J connectivity index is 2.45. The molecule has 0 spiro atoms. The van der Waals surface area contributed by atoms with E-state index >= 15 is 0 Å². The molecule has 0 radical (unpaired) electrons. The summed E-state index contributed by atoms with van der Waals surface area (Å²) in [6.07, 6.45) is 0. The second kappa shape index (κ2) is 4.99. The lowest BCUT2D eigenvalue weighted by Crippen LogP contribution is -1.91. The molecule has 2 rings (SSSR count). The SMILES string of the molecule is N#Cc1cccc(Oc2cc(O)cc(O)c2)c1C#N. The van der Waals surface area contributed by atoms with Gasteiger partial charge in [-0.1, -0.05) is 6.07 Å². The number of hydrogen-bond donors (Lipinski definition) is 2. The number of nitriles is 2. The van der Waals surface area contributed by atoms with E-state index in [4.69, 9.17) is 15.3 Å². The number of phenolic OH excluding ortho intramolecular Hbond substituents is 2. The summed E-state index contributed by atoms with van der Waals surface area (Å²) in [5.74, 6) is 0.0329. The lowest BCUT2D eigenvalue weighted by molar-refractivity contribution is 0.431. The second-order valence-corrected chi connectivity index (χ2v) is 3.69. The molecule has 0 aliphatic carbocycles. The van der Waals surface area contributed by atoms with E-state index in [2.05, 4.69) is 0 Å². The normalized spacial score (nSPS) is 9.37. The first kappa shape index (κ1) is 12.3. The van der Waals surface area contributed by atoms with Gasteiger partial charge in [-0.05, 0) is 12.1 Å². The average Bonchev–Trinajstić information content (AvgIpc) is 2.37. The molecule has 0 amide bonds. The van der Waals surface area contributed by atoms with E-state index in [0.29, 0.717) is 0 Å². The smallest absolute Gasteiger partial charge is 0.146 e. The summed E-state index contributed by atoms with van der Waals surface area (Å²) < 4.78 is 5.41. The van der Waals surface area contributed by atoms with E-state index in [1.807, 2.05) is 12.1 Å². The lowest BCUT2D eigenvalue weighted by atomic mass is 10.1. The molecule has 0 aromatic heterocycles. The maximum absolute atomic E-state index is 9.34. The van der Waals surface area contributed by atoms with Crippen molar-refractivity contribution in [3.05, 3.63) is 47.5 Å². The van der Waals surface area contributed by atoms with Gasteiger partial charge in [0.1, 0.15) is 40.7 Å². The number of ether oxygens (including phenoxy) is 1. The molecule has 0 aliphatic rings. The van der Waals surface area contributed by atoms with Crippen LogP contribution in [0.4, 0.5) is 0 Å². The monoisotopic (exact) mass is 252 g/mol. The number of phenols is 2. The fourth-order valence-corrected chi connectivity index (χ4v) is 1.58. The highest BCUT2D eigenvalue weighted by Crippen LogP contribution is 2.31. The molecule has 0 aliphatic heterocycles. The minimum absolute atomic E-state index is 0.104. The molecule has 0 saturated carbocycles. The zero-order chi connectivity index (χ0) is 13.8. The Bertz CT molecular complexity index is 691. The molecule has 0 saturated heterocycles. The van der Waals surface area contributed by atoms with E-state index in [1.54, 1.807) is 6.07 Å². The molecule has 5 nitrogen and oxygen atoms in total. The van der Waals surface area contributed by atoms with E-state index in [9.17, 15) is 10.2 Å². The van der Waals surface area contributed by atoms with Crippen LogP contribution in [-0.2, 0) is 0 Å². The molecule has 92 valence electrons. The summed E-state index contributed by atoms with van der Waals surface area (Å²) in [4.78, 5) is 0. The Kier molecular flexibility index (Phi) is 3.22. The van der Waals surface area contributed by atoms with Crippen molar-refractivity contribution in [2.24, 2.45) is 0 Å². The topological polar surface area (TPSA) is 97.3 Å². The zero-order valence-electron chi connectivity index (χ0n) is 9.66. The number of benzene rings is 2. The standard InChI is InChI=1S/C14H8N2O3/c15-7-9-2-1-3-14(13(9)8-16)19-12-5-10(17)4-11(18)6-12/h1-6,17-18H. The van der Waals surface area contributed by atoms with Crippen molar-refractivity contribution >= 4 is 0 Å². The molecule has 2 aromatic rings. The van der Waals surface area contributed by atoms with Gasteiger partial charge < -0.3 is 14.9 Å². The fourth-order valence-electron chi connectivity index (χ4n) is 1.58. The van der Waals surface area contributed by atoms with Crippen molar-refractivity contribution in [2.45, 2.75) is 0 Å². The van der Waals surface area contributed by atoms with Crippen molar-refractivity contribution in [1.82, 2.24) is 0 Å². The fraction of sp³-hybridized carbons (Fsp3) is 0. The van der Waals surface area contributed by atoms with Crippen LogP contribution in [0.2, 0.25) is 0 Å². The van der Waals surface area contributed by atoms with Crippen LogP contribution in [0.5, 0.6) is 23.0 Å². The zero-order valence-corrected chi connectivity index (χ0v) is 9.66. The Morgan fingerprint density at radius 2 is 1.63 bits per heavy atom. The summed E-state index contributed by atoms with van der Waals surface area (Å²) >= 11 is 0. The van der Waals surface area contributed by atoms with Gasteiger partial charge in [0.25, 0.3) is 0 Å². The van der Waals surface area contributed by atoms with Gasteiger partial charge >= 0.3 is 0 Å². The van der Waals surface area contributed by atoms with Gasteiger partial charge in [0.05, 0.1) is 5.56 Å². The van der Waals surface area contributed by atoms with Crippen molar-refractivity contribution in [3.63, 3.8) is 0 Å². The van der Waals surface area contributed by atoms with Crippen LogP contribution in [0.3, 0.4) is 0 Å². The quantitative estimate of drug-likeness (QED) is 0.856. The minimum Gasteiger partial charge on any atom is -0.508 e. The van der Waals surface area contributed by atoms with E-state index in [1.165, 1.54) is 24.3 Å². The summed E-state index contributed by atoms with van der Waals surface area (Å²) in [5, 5.41) is 36.6. The third kappa shape index (κ3) is 2.56. The Hall–Kier alpha value is -3.18. The van der Waals surface area contributed by atoms with Crippen molar-refractivity contribution < 1.29 is 14.9 Å². The Labute approximate surface area is 109 Å². The molecule has 0 bridgehead atoms. The van der Waals surface area contributed by atoms with Gasteiger partial charge in [0.2, 0.25) is 0 Å². The summed E-state index contributed by atoms with van der Waals surface area (Å²) in [6.45, 7) is 0. The first-order valence-corrected chi connectivity index (χ1v) is 5.28. The highest BCUT2D eigenvalue weighted by Gasteiger charge is 2.10. The van der Waals surface area contributed by atoms with Crippen LogP contribution in [0.15, 0.2) is 36.4 Å². The number of rotatable bonds is 2. The Morgan fingerprint density at radius 1 is 0.947 bits per heavy atom. The third-order valence-corrected chi connectivity index (χ3v) is 2.36. The average molecular weight is 252 g/mol. The Morgan fingerprint density at radius 3 is 2.21 bits per heavy atom. The summed E-state index contributed by atoms with van der Waals surface area (Å²) in [6, 6.07) is 12.1. The second-order valence-electron chi connectivity index (χ2n) is 3.69. The highest BCUT2D eigenvalue weighted by atomic mass is 16.5. The van der Waals surface area contributed by atoms with Crippen LogP contribution >= 0.6 is 0 Å². The summed E-state index contributed by atoms with van der Waals surface area (Å²) in [7, 11) is 0. The van der Waals surface area contributed by atoms with Crippen molar-refractivity contribution in [1.29, 1.82) is 10.5 Å². The maximum Gasteiger partial charge on any atom is 0.146 e. The van der Waals surface area contributed by atoms with E-state index in [-0.39, 0.29) is 34.1 Å². The van der Waals surface area contributed by atoms with Crippen LogP contribution in [0.25, 0.3) is 0 Å². The maximum atomic E-state index is 9.34. The largest absolute Gasteiger partial charge is 0.508 e. The van der Waals surface area contributed by atoms with Crippen LogP contribution < -0.4 is 4.74 Å². The molecular formula is C14H8N2O3. The predicted octanol–water partition coefficient (Wildman–Crippen LogP) is 2.63. The van der Waals surface area contributed by atoms with Crippen molar-refractivity contribution in [2.75, 3.05) is 0 Å². The number of nitrogens with zero attached hydrogens (tertiary/aromatic N) is 2. The van der Waals surface area contributed by atoms with Gasteiger partial charge in [-0.25, -0.2) is 0 Å². The molecule has 0 atom stereocenters. The minimum atomic E-state index is -0.162. The first-order chi connectivity index (χ1) is 9.13. The first-order valence-electron chi connectivity index (χ1n) is 5.28. The van der Waals surface area contributed by atoms with E-state index < -0.39 is 0 Å². The van der Waals surface area contributed by atoms with Gasteiger partial charge in [-0.2, -0.15) is 10.5 Å². The van der Waals surface area contributed by atoms with Gasteiger partial charge in [-0.3, -0.25) is 0 Å². The predicted molar refractivity (Wildman–Crippen MR) is 65.7 cm³/mol. The van der Waals surface area contributed by atoms with Crippen LogP contribution in [0, 0.1) is 22.7 Å². The van der Waals surface area contributed by atoms with Crippen molar-refractivity contribution in [3.8, 4) is 35.1 Å². The molecule has 0 unspecified atom stereocenters. The van der Waals surface area contributed by atoms with Crippen LogP contribution in [-0.4, -0.2) is 10.2 Å². The van der Waals surface area contributed by atoms with Crippen LogP contribution in [0.1, 0.15) is 11.1 Å². The lowest BCUT2D eigenvalue weighted by Gasteiger charge is -2.08. The summed E-state index contributed by atoms with van der Waals surface area (Å²) in [5.41, 5.74) is 0.303.